The van der Waals surface area contributed by atoms with Crippen molar-refractivity contribution in [3.05, 3.63) is 99.5 Å². The number of phenols is 1. The van der Waals surface area contributed by atoms with Crippen LogP contribution in [0, 0.1) is 0 Å². The number of carboxylic acid groups (broad SMARTS) is 1. The molecule has 81 heavy (non-hydrogen) atoms. The van der Waals surface area contributed by atoms with E-state index in [0.717, 1.165) is 21.2 Å². The lowest BCUT2D eigenvalue weighted by atomic mass is 9.87. The van der Waals surface area contributed by atoms with Crippen LogP contribution < -0.4 is 46.9 Å². The molecule has 1 aromatic heterocycles. The summed E-state index contributed by atoms with van der Waals surface area (Å²) in [7, 11) is 2.78. The molecule has 0 saturated heterocycles. The van der Waals surface area contributed by atoms with Gasteiger partial charge in [-0.2, -0.15) is 9.78 Å². The second-order valence-electron chi connectivity index (χ2n) is 22.6. The summed E-state index contributed by atoms with van der Waals surface area (Å²) in [5.74, 6) is -5.22. The zero-order chi connectivity index (χ0) is 60.3. The molecule has 2 heterocycles. The van der Waals surface area contributed by atoms with Crippen molar-refractivity contribution < 1.29 is 73.2 Å². The Morgan fingerprint density at radius 1 is 0.765 bits per heavy atom. The van der Waals surface area contributed by atoms with Gasteiger partial charge in [0.2, 0.25) is 17.7 Å². The smallest absolute Gasteiger partial charge is 0.407 e. The van der Waals surface area contributed by atoms with Gasteiger partial charge in [-0.1, -0.05) is 39.0 Å². The van der Waals surface area contributed by atoms with Crippen molar-refractivity contribution in [1.82, 2.24) is 46.6 Å². The van der Waals surface area contributed by atoms with Crippen LogP contribution in [0.5, 0.6) is 17.2 Å². The first-order chi connectivity index (χ1) is 37.7. The van der Waals surface area contributed by atoms with Gasteiger partial charge in [0, 0.05) is 42.8 Å². The number of ether oxygens (including phenoxy) is 4. The Balaban J connectivity index is 1.61. The summed E-state index contributed by atoms with van der Waals surface area (Å²) in [6.45, 7) is 15.5. The molecule has 5 rings (SSSR count). The van der Waals surface area contributed by atoms with E-state index >= 15 is 0 Å². The molecule has 442 valence electrons. The maximum atomic E-state index is 14.9. The summed E-state index contributed by atoms with van der Waals surface area (Å²) in [6, 6.07) is 9.16. The molecule has 0 spiro atoms. The van der Waals surface area contributed by atoms with Gasteiger partial charge in [-0.3, -0.25) is 24.5 Å². The number of aromatic nitrogens is 2. The first-order valence-corrected chi connectivity index (χ1v) is 26.2. The number of aliphatic carboxylic acids is 1. The van der Waals surface area contributed by atoms with Gasteiger partial charge >= 0.3 is 18.2 Å². The fraction of sp³-hybridized carbons (Fsp3) is 0.500. The van der Waals surface area contributed by atoms with E-state index in [1.807, 2.05) is 12.1 Å². The summed E-state index contributed by atoms with van der Waals surface area (Å²) in [4.78, 5) is 95.5. The number of hydrogen-bond acceptors (Lipinski definition) is 18. The second-order valence-corrected chi connectivity index (χ2v) is 22.6. The van der Waals surface area contributed by atoms with Crippen molar-refractivity contribution in [3.8, 4) is 34.1 Å². The average molecular weight is 1130 g/mol. The average Bonchev–Trinajstić information content (AvgIpc) is 3.37. The fourth-order valence-electron chi connectivity index (χ4n) is 8.25. The number of carboxylic acids is 1. The fourth-order valence-corrected chi connectivity index (χ4v) is 8.25. The van der Waals surface area contributed by atoms with E-state index in [0.29, 0.717) is 5.69 Å². The minimum atomic E-state index is -1.76. The van der Waals surface area contributed by atoms with Crippen LogP contribution in [0.25, 0.3) is 16.8 Å². The van der Waals surface area contributed by atoms with Gasteiger partial charge in [0.1, 0.15) is 72.8 Å². The zero-order valence-electron chi connectivity index (χ0n) is 47.7. The molecule has 4 bridgehead atoms. The van der Waals surface area contributed by atoms with Crippen LogP contribution in [-0.4, -0.2) is 165 Å². The monoisotopic (exact) mass is 1130 g/mol. The normalized spacial score (nSPS) is 17.4. The maximum Gasteiger partial charge on any atom is 0.407 e. The lowest BCUT2D eigenvalue weighted by molar-refractivity contribution is -0.143. The Bertz CT molecular complexity index is 2950. The van der Waals surface area contributed by atoms with Crippen LogP contribution in [0.2, 0.25) is 0 Å². The Labute approximate surface area is 469 Å². The largest absolute Gasteiger partial charge is 0.504 e. The van der Waals surface area contributed by atoms with Gasteiger partial charge in [0.15, 0.2) is 11.5 Å². The Kier molecular flexibility index (Phi) is 21.4. The van der Waals surface area contributed by atoms with Crippen LogP contribution in [0.15, 0.2) is 71.7 Å². The van der Waals surface area contributed by atoms with Crippen molar-refractivity contribution >= 4 is 35.9 Å². The maximum absolute atomic E-state index is 14.9. The molecular formula is C56H77N9O16. The number of aliphatic hydroxyl groups is 3. The van der Waals surface area contributed by atoms with Crippen LogP contribution in [-0.2, 0) is 40.5 Å². The predicted octanol–water partition coefficient (Wildman–Crippen LogP) is 2.43. The van der Waals surface area contributed by atoms with E-state index in [-0.39, 0.29) is 70.8 Å². The number of rotatable bonds is 19. The van der Waals surface area contributed by atoms with Gasteiger partial charge in [0.05, 0.1) is 25.0 Å². The Morgan fingerprint density at radius 3 is 1.88 bits per heavy atom. The first-order valence-electron chi connectivity index (χ1n) is 26.2. The van der Waals surface area contributed by atoms with Crippen LogP contribution in [0.3, 0.4) is 0 Å². The zero-order valence-corrected chi connectivity index (χ0v) is 47.7. The molecule has 5 amide bonds. The van der Waals surface area contributed by atoms with Crippen LogP contribution in [0.1, 0.15) is 104 Å². The number of nitrogens with zero attached hydrogens (tertiary/aromatic N) is 3. The highest BCUT2D eigenvalue weighted by Gasteiger charge is 2.37. The summed E-state index contributed by atoms with van der Waals surface area (Å²) < 4.78 is 23.8. The topological polar surface area (TPSA) is 351 Å². The molecule has 1 aliphatic rings. The standard InChI is InChI=1S/C56H77N9O16/c1-30-47(70)62-40(51(74)75)20-31-13-18-42(78-28-36(66)25-58-52(76)80-55(5,6)7)38(19-31)39-21-32(22-43(46(39)69)79-29-37(67)26-59-53(77)81-56(8,9)10)45(49(72)61-30)64(12)50(73)41(27-57-11)63-48(71)33-23-44(68)65(60-24-33)35-16-14-34(15-17-35)54(2,3)4/h13-19,21-24,30,36-37,40-41,45,48,57,63,66-67,69,71H,20,25-29H2,1-12H3,(H,58,76)(H,59,77)(H,61,72)(H,62,70)(H,74,75)/t30-,36+,37+,40-,41-,45-,48?/m0/s1. The SMILES string of the molecule is CNC[C@H](NC(O)c1cnn(-c2ccc(C(C)(C)C)cc2)c(=O)c1)C(=O)N(C)[C@@H]1C(=O)N[C@@H](C)C(=O)N[C@H](C(=O)O)Cc2ccc(OC[C@H](O)CNC(=O)OC(C)(C)C)c(c2)-c2cc1cc(OC[C@H](O)CNC(=O)OC(C)(C)C)c2O. The van der Waals surface area contributed by atoms with Gasteiger partial charge in [0.25, 0.3) is 5.56 Å². The molecule has 4 aromatic rings. The van der Waals surface area contributed by atoms with Gasteiger partial charge < -0.3 is 76.0 Å². The number of carbonyl (C=O) groups is 6. The van der Waals surface area contributed by atoms with Crippen molar-refractivity contribution in [2.45, 2.75) is 135 Å². The molecule has 0 saturated carbocycles. The van der Waals surface area contributed by atoms with E-state index in [2.05, 4.69) is 57.8 Å². The van der Waals surface area contributed by atoms with Crippen molar-refractivity contribution in [1.29, 1.82) is 0 Å². The number of phenolic OH excluding ortho intramolecular Hbond substituents is 1. The third-order valence-corrected chi connectivity index (χ3v) is 12.3. The number of carbonyl (C=O) groups excluding carboxylic acids is 5. The van der Waals surface area contributed by atoms with E-state index in [4.69, 9.17) is 18.9 Å². The Morgan fingerprint density at radius 2 is 1.35 bits per heavy atom. The molecule has 3 aromatic carbocycles. The molecule has 11 N–H and O–H groups in total. The number of aromatic hydroxyl groups is 1. The van der Waals surface area contributed by atoms with E-state index in [1.165, 1.54) is 57.5 Å². The molecule has 25 nitrogen and oxygen atoms in total. The van der Waals surface area contributed by atoms with E-state index in [1.54, 1.807) is 53.7 Å². The number of hydrogen-bond donors (Lipinski definition) is 11. The first kappa shape index (κ1) is 64.0. The van der Waals surface area contributed by atoms with Gasteiger partial charge in [-0.15, -0.1) is 0 Å². The van der Waals surface area contributed by atoms with Crippen molar-refractivity contribution in [3.63, 3.8) is 0 Å². The Hall–Kier alpha value is -7.84. The molecule has 0 radical (unpaired) electrons. The van der Waals surface area contributed by atoms with E-state index in [9.17, 15) is 59.1 Å². The summed E-state index contributed by atoms with van der Waals surface area (Å²) >= 11 is 0. The quantitative estimate of drug-likeness (QED) is 0.0601. The molecule has 7 atom stereocenters. The highest BCUT2D eigenvalue weighted by atomic mass is 16.6. The lowest BCUT2D eigenvalue weighted by Crippen LogP contribution is -2.56. The van der Waals surface area contributed by atoms with Crippen LogP contribution >= 0.6 is 0 Å². The molecule has 0 fully saturated rings. The third kappa shape index (κ3) is 18.3. The summed E-state index contributed by atoms with van der Waals surface area (Å²) in [5.41, 5.74) is -0.849. The number of aliphatic hydroxyl groups excluding tert-OH is 3. The third-order valence-electron chi connectivity index (χ3n) is 12.3. The van der Waals surface area contributed by atoms with Gasteiger partial charge in [-0.05, 0) is 114 Å². The number of likely N-dealkylation sites (N-methyl/N-ethyl adjacent to an activating group) is 2. The number of alkyl carbamates (subject to hydrolysis) is 2. The highest BCUT2D eigenvalue weighted by Crippen LogP contribution is 2.45. The van der Waals surface area contributed by atoms with Gasteiger partial charge in [-0.25, -0.2) is 14.4 Å². The lowest BCUT2D eigenvalue weighted by Gasteiger charge is -2.33. The molecule has 1 aliphatic heterocycles. The minimum absolute atomic E-state index is 0.00474. The summed E-state index contributed by atoms with van der Waals surface area (Å²) in [5, 5.41) is 75.9. The molecule has 0 aliphatic carbocycles. The number of benzene rings is 3. The minimum Gasteiger partial charge on any atom is -0.504 e. The number of nitrogens with one attached hydrogen (secondary N) is 6. The summed E-state index contributed by atoms with van der Waals surface area (Å²) in [6.07, 6.45) is -5.18. The molecule has 1 unspecified atom stereocenters. The predicted molar refractivity (Wildman–Crippen MR) is 296 cm³/mol. The van der Waals surface area contributed by atoms with Crippen molar-refractivity contribution in [2.24, 2.45) is 0 Å². The van der Waals surface area contributed by atoms with Crippen molar-refractivity contribution in [2.75, 3.05) is 46.9 Å². The van der Waals surface area contributed by atoms with E-state index < -0.39 is 114 Å². The number of fused-ring (bicyclic) bond motifs is 5. The molecule has 25 heteroatoms. The molecular weight excluding hydrogens is 1050 g/mol. The number of amides is 5. The van der Waals surface area contributed by atoms with Crippen LogP contribution in [0.4, 0.5) is 9.59 Å². The second kappa shape index (κ2) is 27.1. The highest BCUT2D eigenvalue weighted by molar-refractivity contribution is 5.95.